The van der Waals surface area contributed by atoms with E-state index < -0.39 is 0 Å². The maximum atomic E-state index is 10.8. The van der Waals surface area contributed by atoms with E-state index in [1.54, 1.807) is 0 Å². The van der Waals surface area contributed by atoms with E-state index in [9.17, 15) is 4.79 Å². The molecule has 2 N–H and O–H groups in total. The van der Waals surface area contributed by atoms with Gasteiger partial charge in [-0.2, -0.15) is 0 Å². The van der Waals surface area contributed by atoms with Crippen LogP contribution in [0, 0.1) is 0 Å². The zero-order chi connectivity index (χ0) is 12.4. The number of hydrogen-bond donors (Lipinski definition) is 1. The number of hydrogen-bond acceptors (Lipinski definition) is 2. The van der Waals surface area contributed by atoms with Crippen molar-refractivity contribution in [3.05, 3.63) is 28.5 Å². The fourth-order valence-electron chi connectivity index (χ4n) is 1.72. The number of carbonyl (C=O) groups is 1. The second-order valence-electron chi connectivity index (χ2n) is 3.66. The smallest absolute Gasteiger partial charge is 0.219 e. The normalized spacial score (nSPS) is 10.9. The van der Waals surface area contributed by atoms with Crippen molar-refractivity contribution < 1.29 is 4.79 Å². The van der Waals surface area contributed by atoms with Crippen LogP contribution in [0.25, 0.3) is 11.0 Å². The lowest BCUT2D eigenvalue weighted by Crippen LogP contribution is -2.14. The maximum absolute atomic E-state index is 10.8. The van der Waals surface area contributed by atoms with Crippen molar-refractivity contribution in [2.24, 2.45) is 5.73 Å². The third-order valence-corrected chi connectivity index (χ3v) is 3.22. The van der Waals surface area contributed by atoms with Crippen LogP contribution < -0.4 is 5.73 Å². The first-order valence-corrected chi connectivity index (χ1v) is 6.43. The standard InChI is InChI=1S/C11H11BrClN3O/c12-7-1-2-8-9(5-7)16(4-3-10(14)17)11(6-13)15-8/h1-2,5H,3-4,6H2,(H2,14,17). The number of primary amides is 1. The highest BCUT2D eigenvalue weighted by molar-refractivity contribution is 9.10. The van der Waals surface area contributed by atoms with Crippen molar-refractivity contribution in [3.8, 4) is 0 Å². The Kier molecular flexibility index (Phi) is 3.69. The maximum Gasteiger partial charge on any atom is 0.219 e. The average molecular weight is 317 g/mol. The number of fused-ring (bicyclic) bond motifs is 1. The number of benzene rings is 1. The molecule has 1 aromatic heterocycles. The average Bonchev–Trinajstić information content (AvgIpc) is 2.63. The summed E-state index contributed by atoms with van der Waals surface area (Å²) in [7, 11) is 0. The fourth-order valence-corrected chi connectivity index (χ4v) is 2.27. The van der Waals surface area contributed by atoms with Gasteiger partial charge in [0.05, 0.1) is 16.9 Å². The summed E-state index contributed by atoms with van der Waals surface area (Å²) in [4.78, 5) is 15.3. The third-order valence-electron chi connectivity index (χ3n) is 2.49. The topological polar surface area (TPSA) is 60.9 Å². The summed E-state index contributed by atoms with van der Waals surface area (Å²) in [6.45, 7) is 0.504. The lowest BCUT2D eigenvalue weighted by molar-refractivity contribution is -0.118. The lowest BCUT2D eigenvalue weighted by atomic mass is 10.3. The van der Waals surface area contributed by atoms with Crippen LogP contribution >= 0.6 is 27.5 Å². The van der Waals surface area contributed by atoms with Gasteiger partial charge in [-0.25, -0.2) is 4.98 Å². The van der Waals surface area contributed by atoms with Crippen LogP contribution in [0.5, 0.6) is 0 Å². The van der Waals surface area contributed by atoms with Gasteiger partial charge in [0.2, 0.25) is 5.91 Å². The molecule has 0 aliphatic heterocycles. The number of halogens is 2. The van der Waals surface area contributed by atoms with Crippen LogP contribution in [0.3, 0.4) is 0 Å². The summed E-state index contributed by atoms with van der Waals surface area (Å²) in [6.07, 6.45) is 0.280. The number of alkyl halides is 1. The molecule has 17 heavy (non-hydrogen) atoms. The summed E-state index contributed by atoms with van der Waals surface area (Å²) < 4.78 is 2.89. The first kappa shape index (κ1) is 12.4. The van der Waals surface area contributed by atoms with Crippen LogP contribution in [0.2, 0.25) is 0 Å². The minimum absolute atomic E-state index is 0.280. The van der Waals surface area contributed by atoms with Crippen LogP contribution in [-0.4, -0.2) is 15.5 Å². The zero-order valence-corrected chi connectivity index (χ0v) is 11.3. The monoisotopic (exact) mass is 315 g/mol. The van der Waals surface area contributed by atoms with E-state index in [1.165, 1.54) is 0 Å². The fraction of sp³-hybridized carbons (Fsp3) is 0.273. The van der Waals surface area contributed by atoms with Gasteiger partial charge in [-0.1, -0.05) is 15.9 Å². The molecule has 2 rings (SSSR count). The highest BCUT2D eigenvalue weighted by Crippen LogP contribution is 2.22. The quantitative estimate of drug-likeness (QED) is 0.881. The molecule has 0 radical (unpaired) electrons. The lowest BCUT2D eigenvalue weighted by Gasteiger charge is -2.05. The van der Waals surface area contributed by atoms with E-state index >= 15 is 0 Å². The SMILES string of the molecule is NC(=O)CCn1c(CCl)nc2ccc(Br)cc21. The Labute approximate surface area is 112 Å². The zero-order valence-electron chi connectivity index (χ0n) is 8.99. The predicted octanol–water partition coefficient (Wildman–Crippen LogP) is 2.41. The molecular formula is C11H11BrClN3O. The van der Waals surface area contributed by atoms with Crippen LogP contribution in [-0.2, 0) is 17.2 Å². The minimum Gasteiger partial charge on any atom is -0.370 e. The van der Waals surface area contributed by atoms with Gasteiger partial charge >= 0.3 is 0 Å². The minimum atomic E-state index is -0.331. The Hall–Kier alpha value is -1.07. The van der Waals surface area contributed by atoms with E-state index in [0.717, 1.165) is 21.3 Å². The molecule has 1 amide bonds. The van der Waals surface area contributed by atoms with E-state index in [1.807, 2.05) is 22.8 Å². The number of carbonyl (C=O) groups excluding carboxylic acids is 1. The molecule has 6 heteroatoms. The summed E-state index contributed by atoms with van der Waals surface area (Å²) in [5.41, 5.74) is 6.98. The molecular weight excluding hydrogens is 305 g/mol. The first-order valence-electron chi connectivity index (χ1n) is 5.10. The molecule has 1 aromatic carbocycles. The van der Waals surface area contributed by atoms with Gasteiger partial charge in [-0.05, 0) is 18.2 Å². The van der Waals surface area contributed by atoms with Gasteiger partial charge in [0.1, 0.15) is 5.82 Å². The Morgan fingerprint density at radius 1 is 1.53 bits per heavy atom. The molecule has 0 aliphatic rings. The van der Waals surface area contributed by atoms with Crippen molar-refractivity contribution in [3.63, 3.8) is 0 Å². The Bertz CT molecular complexity index is 567. The van der Waals surface area contributed by atoms with E-state index in [2.05, 4.69) is 20.9 Å². The molecule has 90 valence electrons. The van der Waals surface area contributed by atoms with E-state index in [-0.39, 0.29) is 12.3 Å². The van der Waals surface area contributed by atoms with Crippen molar-refractivity contribution in [1.29, 1.82) is 0 Å². The number of nitrogens with two attached hydrogens (primary N) is 1. The summed E-state index contributed by atoms with van der Waals surface area (Å²) in [5.74, 6) is 0.730. The van der Waals surface area contributed by atoms with Gasteiger partial charge < -0.3 is 10.3 Å². The molecule has 0 unspecified atom stereocenters. The molecule has 0 bridgehead atoms. The number of rotatable bonds is 4. The molecule has 0 fully saturated rings. The molecule has 0 saturated heterocycles. The molecule has 2 aromatic rings. The Balaban J connectivity index is 2.48. The van der Waals surface area contributed by atoms with Crippen LogP contribution in [0.15, 0.2) is 22.7 Å². The third kappa shape index (κ3) is 2.61. The van der Waals surface area contributed by atoms with Gasteiger partial charge in [-0.3, -0.25) is 4.79 Å². The van der Waals surface area contributed by atoms with E-state index in [0.29, 0.717) is 12.4 Å². The highest BCUT2D eigenvalue weighted by Gasteiger charge is 2.10. The van der Waals surface area contributed by atoms with Crippen molar-refractivity contribution in [2.45, 2.75) is 18.8 Å². The first-order chi connectivity index (χ1) is 8.11. The molecule has 4 nitrogen and oxygen atoms in total. The van der Waals surface area contributed by atoms with Crippen molar-refractivity contribution in [2.75, 3.05) is 0 Å². The van der Waals surface area contributed by atoms with E-state index in [4.69, 9.17) is 17.3 Å². The summed E-state index contributed by atoms with van der Waals surface area (Å²) in [6, 6.07) is 5.79. The second-order valence-corrected chi connectivity index (χ2v) is 4.85. The molecule has 0 aliphatic carbocycles. The van der Waals surface area contributed by atoms with Gasteiger partial charge in [0.15, 0.2) is 0 Å². The van der Waals surface area contributed by atoms with Gasteiger partial charge in [0, 0.05) is 17.4 Å². The molecule has 0 spiro atoms. The number of nitrogens with zero attached hydrogens (tertiary/aromatic N) is 2. The van der Waals surface area contributed by atoms with Gasteiger partial charge in [0.25, 0.3) is 0 Å². The number of amides is 1. The number of aromatic nitrogens is 2. The van der Waals surface area contributed by atoms with Gasteiger partial charge in [-0.15, -0.1) is 11.6 Å². The van der Waals surface area contributed by atoms with Crippen molar-refractivity contribution >= 4 is 44.5 Å². The Morgan fingerprint density at radius 2 is 2.29 bits per heavy atom. The molecule has 1 heterocycles. The number of imidazole rings is 1. The van der Waals surface area contributed by atoms with Crippen LogP contribution in [0.1, 0.15) is 12.2 Å². The summed E-state index contributed by atoms with van der Waals surface area (Å²) >= 11 is 9.26. The van der Waals surface area contributed by atoms with Crippen LogP contribution in [0.4, 0.5) is 0 Å². The highest BCUT2D eigenvalue weighted by atomic mass is 79.9. The molecule has 0 atom stereocenters. The second kappa shape index (κ2) is 5.06. The largest absolute Gasteiger partial charge is 0.370 e. The number of aryl methyl sites for hydroxylation is 1. The van der Waals surface area contributed by atoms with Crippen molar-refractivity contribution in [1.82, 2.24) is 9.55 Å². The molecule has 0 saturated carbocycles. The predicted molar refractivity (Wildman–Crippen MR) is 70.8 cm³/mol. The summed E-state index contributed by atoms with van der Waals surface area (Å²) in [5, 5.41) is 0. The Morgan fingerprint density at radius 3 is 2.94 bits per heavy atom.